The number of nitrogens with zero attached hydrogens (tertiary/aromatic N) is 2. The zero-order chi connectivity index (χ0) is 17.3. The van der Waals surface area contributed by atoms with Crippen LogP contribution in [0.4, 0.5) is 18.9 Å². The second kappa shape index (κ2) is 5.84. The number of anilines is 1. The molecule has 0 bridgehead atoms. The van der Waals surface area contributed by atoms with Gasteiger partial charge in [0.15, 0.2) is 5.71 Å². The second-order valence-electron chi connectivity index (χ2n) is 5.05. The van der Waals surface area contributed by atoms with Crippen molar-refractivity contribution in [1.29, 1.82) is 0 Å². The number of alkyl halides is 3. The van der Waals surface area contributed by atoms with E-state index < -0.39 is 23.4 Å². The molecule has 0 atom stereocenters. The molecule has 0 saturated carbocycles. The van der Waals surface area contributed by atoms with Crippen molar-refractivity contribution in [3.8, 4) is 5.75 Å². The van der Waals surface area contributed by atoms with Crippen LogP contribution in [-0.4, -0.2) is 22.9 Å². The van der Waals surface area contributed by atoms with Crippen molar-refractivity contribution in [2.24, 2.45) is 5.10 Å². The fourth-order valence-electron chi connectivity index (χ4n) is 2.24. The Morgan fingerprint density at radius 3 is 2.21 bits per heavy atom. The third kappa shape index (κ3) is 3.01. The Labute approximate surface area is 135 Å². The molecule has 2 aromatic rings. The van der Waals surface area contributed by atoms with Crippen molar-refractivity contribution in [3.05, 3.63) is 65.7 Å². The highest BCUT2D eigenvalue weighted by Crippen LogP contribution is 2.32. The fourth-order valence-corrected chi connectivity index (χ4v) is 2.24. The fraction of sp³-hybridized carbons (Fsp3) is 0.0588. The molecule has 1 aliphatic heterocycles. The minimum absolute atomic E-state index is 0.0227. The number of phenolic OH excluding ortho intramolecular Hbond substituents is 1. The van der Waals surface area contributed by atoms with Gasteiger partial charge in [0.25, 0.3) is 5.91 Å². The molecule has 1 aliphatic rings. The summed E-state index contributed by atoms with van der Waals surface area (Å²) in [5.74, 6) is -0.882. The van der Waals surface area contributed by atoms with Crippen LogP contribution in [0, 0.1) is 0 Å². The van der Waals surface area contributed by atoms with Crippen LogP contribution in [0.2, 0.25) is 0 Å². The van der Waals surface area contributed by atoms with E-state index in [0.29, 0.717) is 5.56 Å². The summed E-state index contributed by atoms with van der Waals surface area (Å²) in [5.41, 5.74) is -1.19. The lowest BCUT2D eigenvalue weighted by Crippen LogP contribution is -2.25. The number of rotatable bonds is 2. The molecule has 0 saturated heterocycles. The number of amides is 1. The van der Waals surface area contributed by atoms with Crippen molar-refractivity contribution >= 4 is 23.4 Å². The smallest absolute Gasteiger partial charge is 0.435 e. The predicted molar refractivity (Wildman–Crippen MR) is 83.5 cm³/mol. The molecular weight excluding hydrogens is 321 g/mol. The average molecular weight is 332 g/mol. The zero-order valence-electron chi connectivity index (χ0n) is 12.2. The highest BCUT2D eigenvalue weighted by atomic mass is 19.4. The minimum Gasteiger partial charge on any atom is -0.508 e. The Balaban J connectivity index is 2.06. The lowest BCUT2D eigenvalue weighted by molar-refractivity contribution is -0.114. The molecule has 122 valence electrons. The van der Waals surface area contributed by atoms with Gasteiger partial charge in [0.05, 0.1) is 11.3 Å². The maximum Gasteiger partial charge on any atom is 0.435 e. The van der Waals surface area contributed by atoms with E-state index in [0.717, 1.165) is 11.1 Å². The van der Waals surface area contributed by atoms with Gasteiger partial charge in [-0.3, -0.25) is 4.79 Å². The molecule has 1 heterocycles. The minimum atomic E-state index is -4.76. The van der Waals surface area contributed by atoms with E-state index in [2.05, 4.69) is 5.10 Å². The molecule has 4 nitrogen and oxygen atoms in total. The number of aromatic hydroxyl groups is 1. The monoisotopic (exact) mass is 332 g/mol. The molecule has 1 amide bonds. The van der Waals surface area contributed by atoms with Crippen LogP contribution in [0.1, 0.15) is 5.56 Å². The molecule has 2 aromatic carbocycles. The Morgan fingerprint density at radius 1 is 1.00 bits per heavy atom. The number of benzene rings is 2. The van der Waals surface area contributed by atoms with Crippen LogP contribution in [0.25, 0.3) is 6.08 Å². The van der Waals surface area contributed by atoms with Crippen molar-refractivity contribution < 1.29 is 23.1 Å². The van der Waals surface area contributed by atoms with E-state index in [4.69, 9.17) is 0 Å². The summed E-state index contributed by atoms with van der Waals surface area (Å²) in [4.78, 5) is 12.4. The van der Waals surface area contributed by atoms with Crippen molar-refractivity contribution in [2.45, 2.75) is 6.18 Å². The van der Waals surface area contributed by atoms with Crippen molar-refractivity contribution in [3.63, 3.8) is 0 Å². The maximum absolute atomic E-state index is 13.2. The molecule has 1 N–H and O–H groups in total. The molecule has 24 heavy (non-hydrogen) atoms. The molecule has 0 aliphatic carbocycles. The number of hydrazone groups is 1. The number of carbonyl (C=O) groups excluding carboxylic acids is 1. The predicted octanol–water partition coefficient (Wildman–Crippen LogP) is 3.74. The van der Waals surface area contributed by atoms with E-state index in [-0.39, 0.29) is 11.4 Å². The SMILES string of the molecule is O=C1C(=Cc2ccc(O)cc2)C(C(F)(F)F)=NN1c1ccccc1. The summed E-state index contributed by atoms with van der Waals surface area (Å²) in [6.07, 6.45) is -3.65. The molecule has 0 unspecified atom stereocenters. The topological polar surface area (TPSA) is 52.9 Å². The first-order valence-electron chi connectivity index (χ1n) is 6.92. The third-order valence-corrected chi connectivity index (χ3v) is 3.35. The number of halogens is 3. The van der Waals surface area contributed by atoms with Crippen molar-refractivity contribution in [1.82, 2.24) is 0 Å². The van der Waals surface area contributed by atoms with Gasteiger partial charge in [0.2, 0.25) is 0 Å². The molecule has 0 aromatic heterocycles. The molecule has 3 rings (SSSR count). The van der Waals surface area contributed by atoms with E-state index in [1.165, 1.54) is 36.4 Å². The number of hydrogen-bond donors (Lipinski definition) is 1. The normalized spacial score (nSPS) is 16.6. The molecule has 0 fully saturated rings. The first kappa shape index (κ1) is 15.8. The van der Waals surface area contributed by atoms with Crippen molar-refractivity contribution in [2.75, 3.05) is 5.01 Å². The summed E-state index contributed by atoms with van der Waals surface area (Å²) in [6.45, 7) is 0. The Morgan fingerprint density at radius 2 is 1.62 bits per heavy atom. The summed E-state index contributed by atoms with van der Waals surface area (Å²) >= 11 is 0. The van der Waals surface area contributed by atoms with Gasteiger partial charge in [-0.1, -0.05) is 30.3 Å². The Bertz CT molecular complexity index is 825. The summed E-state index contributed by atoms with van der Waals surface area (Å²) in [5, 5.41) is 13.4. The number of carbonyl (C=O) groups is 1. The second-order valence-corrected chi connectivity index (χ2v) is 5.05. The van der Waals surface area contributed by atoms with Crippen LogP contribution in [-0.2, 0) is 4.79 Å². The molecule has 7 heteroatoms. The summed E-state index contributed by atoms with van der Waals surface area (Å²) in [7, 11) is 0. The average Bonchev–Trinajstić information content (AvgIpc) is 2.88. The lowest BCUT2D eigenvalue weighted by atomic mass is 10.1. The lowest BCUT2D eigenvalue weighted by Gasteiger charge is -2.10. The van der Waals surface area contributed by atoms with E-state index in [1.807, 2.05) is 0 Å². The van der Waals surface area contributed by atoms with Gasteiger partial charge in [-0.05, 0) is 35.9 Å². The zero-order valence-corrected chi connectivity index (χ0v) is 12.2. The van der Waals surface area contributed by atoms with E-state index in [1.54, 1.807) is 18.2 Å². The maximum atomic E-state index is 13.2. The van der Waals surface area contributed by atoms with Gasteiger partial charge in [-0.15, -0.1) is 0 Å². The number of hydrogen-bond acceptors (Lipinski definition) is 3. The van der Waals surface area contributed by atoms with Crippen LogP contribution >= 0.6 is 0 Å². The first-order valence-corrected chi connectivity index (χ1v) is 6.92. The number of para-hydroxylation sites is 1. The summed E-state index contributed by atoms with van der Waals surface area (Å²) < 4.78 is 39.7. The van der Waals surface area contributed by atoms with Crippen LogP contribution < -0.4 is 5.01 Å². The standard InChI is InChI=1S/C17H11F3N2O2/c18-17(19,20)15-14(10-11-6-8-13(23)9-7-11)16(24)22(21-15)12-4-2-1-3-5-12/h1-10,23H. The highest BCUT2D eigenvalue weighted by molar-refractivity contribution is 6.34. The van der Waals surface area contributed by atoms with Crippen LogP contribution in [0.5, 0.6) is 5.75 Å². The van der Waals surface area contributed by atoms with Gasteiger partial charge < -0.3 is 5.11 Å². The third-order valence-electron chi connectivity index (χ3n) is 3.35. The van der Waals surface area contributed by atoms with Gasteiger partial charge in [-0.2, -0.15) is 23.3 Å². The van der Waals surface area contributed by atoms with Crippen LogP contribution in [0.15, 0.2) is 65.3 Å². The molecular formula is C17H11F3N2O2. The number of phenols is 1. The van der Waals surface area contributed by atoms with E-state index >= 15 is 0 Å². The summed E-state index contributed by atoms with van der Waals surface area (Å²) in [6, 6.07) is 13.4. The van der Waals surface area contributed by atoms with Gasteiger partial charge in [0, 0.05) is 0 Å². The molecule has 0 radical (unpaired) electrons. The molecule has 0 spiro atoms. The van der Waals surface area contributed by atoms with Crippen LogP contribution in [0.3, 0.4) is 0 Å². The quantitative estimate of drug-likeness (QED) is 0.852. The van der Waals surface area contributed by atoms with Gasteiger partial charge in [0.1, 0.15) is 5.75 Å². The first-order chi connectivity index (χ1) is 11.4. The highest BCUT2D eigenvalue weighted by Gasteiger charge is 2.46. The van der Waals surface area contributed by atoms with E-state index in [9.17, 15) is 23.1 Å². The van der Waals surface area contributed by atoms with Gasteiger partial charge in [-0.25, -0.2) is 0 Å². The van der Waals surface area contributed by atoms with Gasteiger partial charge >= 0.3 is 6.18 Å². The largest absolute Gasteiger partial charge is 0.508 e. The Kier molecular flexibility index (Phi) is 3.84. The Hall–Kier alpha value is -3.09.